The highest BCUT2D eigenvalue weighted by atomic mass is 35.5. The third-order valence-corrected chi connectivity index (χ3v) is 6.22. The number of aryl methyl sites for hydroxylation is 1. The van der Waals surface area contributed by atoms with Crippen LogP contribution in [0.5, 0.6) is 5.75 Å². The van der Waals surface area contributed by atoms with Crippen molar-refractivity contribution in [1.82, 2.24) is 10.3 Å². The van der Waals surface area contributed by atoms with Crippen LogP contribution in [0.1, 0.15) is 16.8 Å². The van der Waals surface area contributed by atoms with Crippen LogP contribution in [-0.4, -0.2) is 32.3 Å². The third-order valence-electron chi connectivity index (χ3n) is 4.76. The molecule has 1 heterocycles. The van der Waals surface area contributed by atoms with Crippen LogP contribution < -0.4 is 25.7 Å². The second-order valence-corrected chi connectivity index (χ2v) is 9.79. The lowest BCUT2D eigenvalue weighted by Gasteiger charge is -2.15. The van der Waals surface area contributed by atoms with E-state index in [4.69, 9.17) is 16.3 Å². The summed E-state index contributed by atoms with van der Waals surface area (Å²) in [7, 11) is -3.97. The zero-order valence-corrected chi connectivity index (χ0v) is 20.7. The van der Waals surface area contributed by atoms with Gasteiger partial charge in [0.2, 0.25) is 16.4 Å². The molecule has 0 unspecified atom stereocenters. The summed E-state index contributed by atoms with van der Waals surface area (Å²) in [4.78, 5) is 38.5. The van der Waals surface area contributed by atoms with Crippen molar-refractivity contribution in [1.29, 1.82) is 0 Å². The first-order chi connectivity index (χ1) is 17.1. The van der Waals surface area contributed by atoms with Crippen LogP contribution in [0.2, 0.25) is 5.02 Å². The van der Waals surface area contributed by atoms with Crippen molar-refractivity contribution in [3.8, 4) is 5.75 Å². The van der Waals surface area contributed by atoms with E-state index in [0.717, 1.165) is 0 Å². The maximum atomic E-state index is 12.7. The summed E-state index contributed by atoms with van der Waals surface area (Å²) < 4.78 is 33.2. The van der Waals surface area contributed by atoms with Gasteiger partial charge >= 0.3 is 0 Å². The number of H-pyrrole nitrogens is 1. The standard InChI is InChI=1S/C24H23ClN4O6S/c1-15-10-20(23(24(32)27-15)29-36(33,34)13-17-6-4-3-5-7-17)28-22(31)12-35-21-9-8-18(25)11-19(21)16(2)26-14-30/h3-11,14,29H,2,12-13H2,1H3,(H,26,30)(H2,27,28,31,32). The van der Waals surface area contributed by atoms with Crippen LogP contribution in [0.25, 0.3) is 5.70 Å². The van der Waals surface area contributed by atoms with Crippen LogP contribution in [0.4, 0.5) is 11.4 Å². The number of benzene rings is 2. The van der Waals surface area contributed by atoms with Gasteiger partial charge in [0.15, 0.2) is 6.61 Å². The van der Waals surface area contributed by atoms with Gasteiger partial charge in [0.25, 0.3) is 11.5 Å². The number of hydrogen-bond donors (Lipinski definition) is 4. The van der Waals surface area contributed by atoms with Crippen LogP contribution in [-0.2, 0) is 25.4 Å². The van der Waals surface area contributed by atoms with Gasteiger partial charge in [-0.15, -0.1) is 0 Å². The highest BCUT2D eigenvalue weighted by Crippen LogP contribution is 2.27. The first kappa shape index (κ1) is 26.5. The van der Waals surface area contributed by atoms with Gasteiger partial charge in [0.1, 0.15) is 11.4 Å². The lowest BCUT2D eigenvalue weighted by atomic mass is 10.1. The molecule has 4 N–H and O–H groups in total. The number of aromatic amines is 1. The summed E-state index contributed by atoms with van der Waals surface area (Å²) >= 11 is 6.00. The minimum Gasteiger partial charge on any atom is -0.483 e. The number of ether oxygens (including phenoxy) is 1. The Balaban J connectivity index is 1.78. The predicted octanol–water partition coefficient (Wildman–Crippen LogP) is 3.01. The van der Waals surface area contributed by atoms with Crippen molar-refractivity contribution >= 4 is 51.0 Å². The average molecular weight is 531 g/mol. The molecular formula is C24H23ClN4O6S. The van der Waals surface area contributed by atoms with Gasteiger partial charge in [-0.2, -0.15) is 0 Å². The number of anilines is 2. The van der Waals surface area contributed by atoms with Crippen molar-refractivity contribution in [2.45, 2.75) is 12.7 Å². The number of rotatable bonds is 11. The van der Waals surface area contributed by atoms with E-state index in [9.17, 15) is 22.8 Å². The van der Waals surface area contributed by atoms with E-state index >= 15 is 0 Å². The van der Waals surface area contributed by atoms with Crippen LogP contribution >= 0.6 is 11.6 Å². The maximum Gasteiger partial charge on any atom is 0.274 e. The SMILES string of the molecule is C=C(NC=O)c1cc(Cl)ccc1OCC(=O)Nc1cc(C)[nH]c(=O)c1NS(=O)(=O)Cc1ccccc1. The molecule has 0 fully saturated rings. The van der Waals surface area contributed by atoms with Gasteiger partial charge in [0, 0.05) is 22.0 Å². The fraction of sp³-hybridized carbons (Fsp3) is 0.125. The Hall–Kier alpha value is -4.09. The Morgan fingerprint density at radius 3 is 2.58 bits per heavy atom. The number of pyridine rings is 1. The summed E-state index contributed by atoms with van der Waals surface area (Å²) in [6.07, 6.45) is 0.440. The Kier molecular flexibility index (Phi) is 8.51. The molecule has 3 rings (SSSR count). The van der Waals surface area contributed by atoms with E-state index < -0.39 is 28.1 Å². The molecule has 0 radical (unpaired) electrons. The van der Waals surface area contributed by atoms with Crippen molar-refractivity contribution in [2.75, 3.05) is 16.6 Å². The number of carbonyl (C=O) groups excluding carboxylic acids is 2. The summed E-state index contributed by atoms with van der Waals surface area (Å²) in [5, 5.41) is 5.26. The molecule has 36 heavy (non-hydrogen) atoms. The molecule has 1 aromatic heterocycles. The number of sulfonamides is 1. The fourth-order valence-corrected chi connectivity index (χ4v) is 4.61. The highest BCUT2D eigenvalue weighted by Gasteiger charge is 2.19. The Morgan fingerprint density at radius 1 is 1.17 bits per heavy atom. The highest BCUT2D eigenvalue weighted by molar-refractivity contribution is 7.91. The molecule has 0 aliphatic rings. The molecule has 0 aliphatic heterocycles. The van der Waals surface area contributed by atoms with Gasteiger partial charge < -0.3 is 20.4 Å². The van der Waals surface area contributed by atoms with Crippen molar-refractivity contribution < 1.29 is 22.7 Å². The van der Waals surface area contributed by atoms with Gasteiger partial charge in [-0.1, -0.05) is 48.5 Å². The van der Waals surface area contributed by atoms with E-state index in [1.165, 1.54) is 24.3 Å². The van der Waals surface area contributed by atoms with Gasteiger partial charge in [-0.05, 0) is 36.8 Å². The second-order valence-electron chi connectivity index (χ2n) is 7.63. The fourth-order valence-electron chi connectivity index (χ4n) is 3.22. The Morgan fingerprint density at radius 2 is 1.89 bits per heavy atom. The van der Waals surface area contributed by atoms with Crippen molar-refractivity contribution in [3.63, 3.8) is 0 Å². The molecule has 10 nitrogen and oxygen atoms in total. The van der Waals surface area contributed by atoms with E-state index in [1.54, 1.807) is 37.3 Å². The molecule has 0 bridgehead atoms. The summed E-state index contributed by atoms with van der Waals surface area (Å²) in [5.41, 5.74) is 0.409. The minimum absolute atomic E-state index is 0.0372. The summed E-state index contributed by atoms with van der Waals surface area (Å²) in [6, 6.07) is 14.4. The molecule has 12 heteroatoms. The van der Waals surface area contributed by atoms with E-state index in [1.807, 2.05) is 0 Å². The van der Waals surface area contributed by atoms with E-state index in [2.05, 4.69) is 26.9 Å². The number of hydrogen-bond acceptors (Lipinski definition) is 6. The molecule has 0 atom stereocenters. The van der Waals surface area contributed by atoms with Crippen LogP contribution in [0, 0.1) is 6.92 Å². The number of carbonyl (C=O) groups is 2. The molecule has 0 saturated carbocycles. The number of nitrogens with one attached hydrogen (secondary N) is 4. The Bertz CT molecular complexity index is 1460. The third kappa shape index (κ3) is 7.20. The maximum absolute atomic E-state index is 12.7. The zero-order valence-electron chi connectivity index (χ0n) is 19.1. The monoisotopic (exact) mass is 530 g/mol. The molecule has 0 saturated heterocycles. The minimum atomic E-state index is -3.97. The zero-order chi connectivity index (χ0) is 26.3. The molecule has 0 aliphatic carbocycles. The topological polar surface area (TPSA) is 146 Å². The smallest absolute Gasteiger partial charge is 0.274 e. The number of aromatic nitrogens is 1. The summed E-state index contributed by atoms with van der Waals surface area (Å²) in [6.45, 7) is 4.81. The van der Waals surface area contributed by atoms with Crippen molar-refractivity contribution in [3.05, 3.63) is 93.4 Å². The number of amides is 2. The lowest BCUT2D eigenvalue weighted by molar-refractivity contribution is -0.118. The lowest BCUT2D eigenvalue weighted by Crippen LogP contribution is -2.26. The Labute approximate surface area is 212 Å². The second kappa shape index (κ2) is 11.6. The average Bonchev–Trinajstić information content (AvgIpc) is 2.81. The normalized spacial score (nSPS) is 10.8. The molecule has 3 aromatic rings. The predicted molar refractivity (Wildman–Crippen MR) is 138 cm³/mol. The van der Waals surface area contributed by atoms with E-state index in [0.29, 0.717) is 28.3 Å². The number of halogens is 1. The first-order valence-corrected chi connectivity index (χ1v) is 12.5. The quantitative estimate of drug-likeness (QED) is 0.280. The first-order valence-electron chi connectivity index (χ1n) is 10.5. The van der Waals surface area contributed by atoms with Crippen molar-refractivity contribution in [2.24, 2.45) is 0 Å². The largest absolute Gasteiger partial charge is 0.483 e. The molecule has 188 valence electrons. The molecule has 2 amide bonds. The van der Waals surface area contributed by atoms with Gasteiger partial charge in [0.05, 0.1) is 11.4 Å². The molecule has 0 spiro atoms. The molecule has 2 aromatic carbocycles. The van der Waals surface area contributed by atoms with Crippen LogP contribution in [0.3, 0.4) is 0 Å². The summed E-state index contributed by atoms with van der Waals surface area (Å²) in [5.74, 6) is -0.812. The van der Waals surface area contributed by atoms with Gasteiger partial charge in [-0.3, -0.25) is 19.1 Å². The van der Waals surface area contributed by atoms with Gasteiger partial charge in [-0.25, -0.2) is 8.42 Å². The molecular weight excluding hydrogens is 508 g/mol. The van der Waals surface area contributed by atoms with E-state index in [-0.39, 0.29) is 28.6 Å². The van der Waals surface area contributed by atoms with Crippen LogP contribution in [0.15, 0.2) is 66.0 Å².